The van der Waals surface area contributed by atoms with E-state index in [2.05, 4.69) is 15.8 Å². The van der Waals surface area contributed by atoms with Crippen molar-refractivity contribution in [3.63, 3.8) is 0 Å². The van der Waals surface area contributed by atoms with E-state index in [1.54, 1.807) is 0 Å². The third-order valence-corrected chi connectivity index (χ3v) is 11.2. The number of alkyl halides is 1. The minimum atomic E-state index is -1.14. The largest absolute Gasteiger partial charge is 0.493 e. The maximum Gasteiger partial charge on any atom is 0.319 e. The molecule has 4 saturated heterocycles. The molecule has 1 aromatic heterocycles. The van der Waals surface area contributed by atoms with Crippen LogP contribution in [0.1, 0.15) is 51.5 Å². The second kappa shape index (κ2) is 13.1. The summed E-state index contributed by atoms with van der Waals surface area (Å²) in [5, 5.41) is 0.205. The first-order valence-corrected chi connectivity index (χ1v) is 17.7. The standard InChI is InChI=1S/C39H37F4N5O5/c1-5-27-29(41)10-7-22-13-26(53-21(3)50)14-28(30(22)27)31-33(42)35-32(36(51-4)34(31)43)37(46-17-24-8-9-25(18-46)48(24)20(2)49)45-38(44-35)52-19-39-11-6-12-47(39)16-23(40)15-39/h1,7,10,13-14,23-25H,6,8-9,11-12,15-19H2,2-4H3/t23-,24?,25?,39?/m1/s1. The van der Waals surface area contributed by atoms with Crippen LogP contribution in [0.2, 0.25) is 0 Å². The number of amides is 1. The van der Waals surface area contributed by atoms with Crippen LogP contribution in [0.25, 0.3) is 32.8 Å². The summed E-state index contributed by atoms with van der Waals surface area (Å²) in [6.07, 6.45) is 8.08. The zero-order valence-electron chi connectivity index (χ0n) is 29.5. The highest BCUT2D eigenvalue weighted by Gasteiger charge is 2.50. The number of rotatable bonds is 7. The van der Waals surface area contributed by atoms with E-state index < -0.39 is 40.7 Å². The minimum Gasteiger partial charge on any atom is -0.493 e. The number of fused-ring (bicyclic) bond motifs is 5. The Morgan fingerprint density at radius 2 is 1.79 bits per heavy atom. The van der Waals surface area contributed by atoms with E-state index in [4.69, 9.17) is 25.6 Å². The molecule has 10 nitrogen and oxygen atoms in total. The number of aromatic nitrogens is 2. The Morgan fingerprint density at radius 1 is 1.04 bits per heavy atom. The van der Waals surface area contributed by atoms with Crippen LogP contribution in [0, 0.1) is 29.8 Å². The first kappa shape index (κ1) is 34.9. The predicted octanol–water partition coefficient (Wildman–Crippen LogP) is 5.94. The molecular weight excluding hydrogens is 694 g/mol. The molecule has 4 aliphatic rings. The molecule has 0 N–H and O–H groups in total. The molecule has 4 aliphatic heterocycles. The molecule has 0 aliphatic carbocycles. The van der Waals surface area contributed by atoms with Crippen LogP contribution in [0.4, 0.5) is 23.4 Å². The van der Waals surface area contributed by atoms with Gasteiger partial charge >= 0.3 is 12.0 Å². The number of hydrogen-bond acceptors (Lipinski definition) is 9. The van der Waals surface area contributed by atoms with Crippen molar-refractivity contribution in [3.8, 4) is 41.0 Å². The van der Waals surface area contributed by atoms with Crippen molar-refractivity contribution in [2.24, 2.45) is 0 Å². The maximum absolute atomic E-state index is 17.4. The summed E-state index contributed by atoms with van der Waals surface area (Å²) >= 11 is 0. The van der Waals surface area contributed by atoms with Gasteiger partial charge < -0.3 is 24.0 Å². The number of anilines is 1. The summed E-state index contributed by atoms with van der Waals surface area (Å²) in [7, 11) is 1.23. The summed E-state index contributed by atoms with van der Waals surface area (Å²) in [5.41, 5.74) is -2.01. The number of nitrogens with zero attached hydrogens (tertiary/aromatic N) is 5. The summed E-state index contributed by atoms with van der Waals surface area (Å²) in [6.45, 7) is 4.43. The molecule has 8 rings (SSSR count). The van der Waals surface area contributed by atoms with Gasteiger partial charge in [-0.15, -0.1) is 6.42 Å². The van der Waals surface area contributed by atoms with E-state index in [-0.39, 0.29) is 87.1 Å². The van der Waals surface area contributed by atoms with Gasteiger partial charge in [0.05, 0.1) is 29.2 Å². The Labute approximate surface area is 303 Å². The molecule has 53 heavy (non-hydrogen) atoms. The van der Waals surface area contributed by atoms with Crippen molar-refractivity contribution in [3.05, 3.63) is 47.3 Å². The van der Waals surface area contributed by atoms with Crippen LogP contribution < -0.4 is 19.1 Å². The van der Waals surface area contributed by atoms with Gasteiger partial charge in [-0.1, -0.05) is 12.0 Å². The van der Waals surface area contributed by atoms with E-state index in [1.807, 2.05) is 9.80 Å². The van der Waals surface area contributed by atoms with Gasteiger partial charge in [0.25, 0.3) is 0 Å². The smallest absolute Gasteiger partial charge is 0.319 e. The SMILES string of the molecule is C#Cc1c(F)ccc2cc(OC(C)=O)cc(-c3c(F)c(OC)c4c(N5CC6CCC(C5)N6C(C)=O)nc(OCC56CCCN5C[C@H](F)C6)nc4c3F)c12. The Kier molecular flexibility index (Phi) is 8.59. The van der Waals surface area contributed by atoms with Crippen molar-refractivity contribution in [2.45, 2.75) is 69.7 Å². The number of hydrogen-bond donors (Lipinski definition) is 0. The van der Waals surface area contributed by atoms with Gasteiger partial charge in [-0.2, -0.15) is 9.97 Å². The fraction of sp³-hybridized carbons (Fsp3) is 0.436. The molecule has 4 fully saturated rings. The zero-order valence-corrected chi connectivity index (χ0v) is 29.5. The lowest BCUT2D eigenvalue weighted by Gasteiger charge is -2.41. The van der Waals surface area contributed by atoms with Gasteiger partial charge in [-0.3, -0.25) is 14.5 Å². The molecule has 276 valence electrons. The minimum absolute atomic E-state index is 0.00715. The third-order valence-electron chi connectivity index (χ3n) is 11.2. The van der Waals surface area contributed by atoms with Crippen LogP contribution >= 0.6 is 0 Å². The van der Waals surface area contributed by atoms with Crippen molar-refractivity contribution >= 4 is 39.4 Å². The highest BCUT2D eigenvalue weighted by molar-refractivity contribution is 6.06. The Morgan fingerprint density at radius 3 is 2.47 bits per heavy atom. The summed E-state index contributed by atoms with van der Waals surface area (Å²) in [6, 6.07) is 4.62. The normalized spacial score (nSPS) is 23.8. The first-order chi connectivity index (χ1) is 25.4. The molecule has 0 radical (unpaired) electrons. The second-order valence-electron chi connectivity index (χ2n) is 14.4. The first-order valence-electron chi connectivity index (χ1n) is 17.7. The zero-order chi connectivity index (χ0) is 37.3. The highest BCUT2D eigenvalue weighted by atomic mass is 19.1. The molecule has 4 aromatic rings. The molecule has 2 bridgehead atoms. The number of terminal acetylenes is 1. The topological polar surface area (TPSA) is 97.3 Å². The van der Waals surface area contributed by atoms with Gasteiger partial charge in [-0.05, 0) is 55.8 Å². The predicted molar refractivity (Wildman–Crippen MR) is 188 cm³/mol. The van der Waals surface area contributed by atoms with Crippen LogP contribution in [0.5, 0.6) is 17.5 Å². The number of piperazine rings is 1. The molecule has 3 aromatic carbocycles. The molecule has 3 unspecified atom stereocenters. The van der Waals surface area contributed by atoms with Gasteiger partial charge in [0.1, 0.15) is 35.7 Å². The number of carbonyl (C=O) groups excluding carboxylic acids is 2. The average molecular weight is 732 g/mol. The molecule has 0 saturated carbocycles. The number of benzene rings is 3. The van der Waals surface area contributed by atoms with Crippen molar-refractivity contribution < 1.29 is 41.4 Å². The van der Waals surface area contributed by atoms with Crippen LogP contribution in [0.15, 0.2) is 24.3 Å². The number of halogens is 4. The van der Waals surface area contributed by atoms with Gasteiger partial charge in [0.15, 0.2) is 17.4 Å². The van der Waals surface area contributed by atoms with Gasteiger partial charge in [0.2, 0.25) is 5.91 Å². The van der Waals surface area contributed by atoms with Gasteiger partial charge in [0, 0.05) is 62.9 Å². The fourth-order valence-corrected chi connectivity index (χ4v) is 9.17. The second-order valence-corrected chi connectivity index (χ2v) is 14.4. The molecule has 5 heterocycles. The van der Waals surface area contributed by atoms with Crippen LogP contribution in [0.3, 0.4) is 0 Å². The van der Waals surface area contributed by atoms with E-state index in [1.165, 1.54) is 39.2 Å². The monoisotopic (exact) mass is 731 g/mol. The maximum atomic E-state index is 17.4. The Bertz CT molecular complexity index is 2230. The van der Waals surface area contributed by atoms with Crippen molar-refractivity contribution in [1.82, 2.24) is 19.8 Å². The third kappa shape index (κ3) is 5.67. The number of esters is 1. The lowest BCUT2D eigenvalue weighted by atomic mass is 9.92. The molecule has 4 atom stereocenters. The molecule has 0 spiro atoms. The Balaban J connectivity index is 1.36. The summed E-state index contributed by atoms with van der Waals surface area (Å²) < 4.78 is 81.6. The van der Waals surface area contributed by atoms with Crippen LogP contribution in [-0.4, -0.2) is 95.3 Å². The van der Waals surface area contributed by atoms with E-state index in [9.17, 15) is 14.0 Å². The van der Waals surface area contributed by atoms with Gasteiger partial charge in [-0.25, -0.2) is 17.6 Å². The fourth-order valence-electron chi connectivity index (χ4n) is 9.17. The van der Waals surface area contributed by atoms with Crippen molar-refractivity contribution in [2.75, 3.05) is 44.8 Å². The van der Waals surface area contributed by atoms with Crippen molar-refractivity contribution in [1.29, 1.82) is 0 Å². The Hall–Kier alpha value is -5.16. The number of methoxy groups -OCH3 is 1. The average Bonchev–Trinajstić information content (AvgIpc) is 3.74. The highest BCUT2D eigenvalue weighted by Crippen LogP contribution is 2.47. The van der Waals surface area contributed by atoms with E-state index in [0.717, 1.165) is 31.9 Å². The number of ether oxygens (including phenoxy) is 3. The quantitative estimate of drug-likeness (QED) is 0.0992. The van der Waals surface area contributed by atoms with E-state index in [0.29, 0.717) is 26.1 Å². The number of carbonyl (C=O) groups is 2. The molecule has 14 heteroatoms. The molecule has 1 amide bonds. The lowest BCUT2D eigenvalue weighted by Crippen LogP contribution is -2.55. The van der Waals surface area contributed by atoms with E-state index >= 15 is 13.2 Å². The lowest BCUT2D eigenvalue weighted by molar-refractivity contribution is -0.132. The van der Waals surface area contributed by atoms with Crippen LogP contribution in [-0.2, 0) is 9.59 Å². The summed E-state index contributed by atoms with van der Waals surface area (Å²) in [4.78, 5) is 39.6. The summed E-state index contributed by atoms with van der Waals surface area (Å²) in [5.74, 6) is -1.82. The molecular formula is C39H37F4N5O5.